The third kappa shape index (κ3) is 11.7. The van der Waals surface area contributed by atoms with Crippen LogP contribution in [-0.2, 0) is 28.7 Å². The van der Waals surface area contributed by atoms with Crippen molar-refractivity contribution in [3.05, 3.63) is 71.4 Å². The maximum Gasteiger partial charge on any atom is 0.325 e. The molecule has 0 spiro atoms. The Kier molecular flexibility index (Phi) is 16.1. The Bertz CT molecular complexity index is 2120. The fraction of sp³-hybridized carbons (Fsp3) is 0.620. The second kappa shape index (κ2) is 21.3. The first-order chi connectivity index (χ1) is 30.1. The van der Waals surface area contributed by atoms with Crippen LogP contribution in [0.25, 0.3) is 5.52 Å². The summed E-state index contributed by atoms with van der Waals surface area (Å²) in [5.41, 5.74) is 6.04. The van der Waals surface area contributed by atoms with E-state index in [9.17, 15) is 23.6 Å². The van der Waals surface area contributed by atoms with Crippen LogP contribution in [0, 0.1) is 53.2 Å². The van der Waals surface area contributed by atoms with Crippen LogP contribution in [0.4, 0.5) is 15.9 Å². The summed E-state index contributed by atoms with van der Waals surface area (Å²) in [6.07, 6.45) is 17.9. The molecule has 7 unspecified atom stereocenters. The standard InChI is InChI=1S/C50H70FN5O7/c1-8-35-28-39(21-23-49(35,6)37-20-22-50(7)36(27-37)13-16-41(50)34(5)11-9-10-32(2)3)63-46(59)30-53-44(57)18-19-45(58)61-24-25-62-55-48(60)40-15-14-38-29-52-31-56(38)47(40)54-43-17-12-33(4)26-42(43)51/h8,12,14-15,17,26,29,31-32,34,36-37,39,41,54H,9-11,13,16,18-25,27-28,30H2,1-7H3,(H,53,57)(H,55,60). The fourth-order valence-electron chi connectivity index (χ4n) is 11.1. The molecule has 63 heavy (non-hydrogen) atoms. The van der Waals surface area contributed by atoms with Crippen molar-refractivity contribution >= 4 is 40.8 Å². The van der Waals surface area contributed by atoms with Gasteiger partial charge >= 0.3 is 11.9 Å². The third-order valence-electron chi connectivity index (χ3n) is 14.9. The first kappa shape index (κ1) is 47.7. The van der Waals surface area contributed by atoms with Gasteiger partial charge in [0.15, 0.2) is 0 Å². The molecule has 12 nitrogen and oxygen atoms in total. The number of nitrogens with zero attached hydrogens (tertiary/aromatic N) is 2. The van der Waals surface area contributed by atoms with Crippen molar-refractivity contribution in [3.63, 3.8) is 0 Å². The van der Waals surface area contributed by atoms with Crippen LogP contribution in [0.2, 0.25) is 0 Å². The molecule has 13 heteroatoms. The monoisotopic (exact) mass is 872 g/mol. The van der Waals surface area contributed by atoms with Crippen molar-refractivity contribution in [2.75, 3.05) is 25.1 Å². The molecule has 3 N–H and O–H groups in total. The predicted octanol–water partition coefficient (Wildman–Crippen LogP) is 9.97. The number of halogens is 1. The number of esters is 2. The van der Waals surface area contributed by atoms with E-state index in [0.717, 1.165) is 42.1 Å². The highest BCUT2D eigenvalue weighted by atomic mass is 19.1. The van der Waals surface area contributed by atoms with Gasteiger partial charge in [0, 0.05) is 12.8 Å². The Morgan fingerprint density at radius 2 is 1.78 bits per heavy atom. The molecule has 3 aliphatic rings. The van der Waals surface area contributed by atoms with E-state index in [0.29, 0.717) is 23.3 Å². The number of rotatable bonds is 19. The van der Waals surface area contributed by atoms with Crippen LogP contribution >= 0.6 is 0 Å². The lowest BCUT2D eigenvalue weighted by Gasteiger charge is -2.52. The molecule has 3 aromatic rings. The number of carbonyl (C=O) groups excluding carboxylic acids is 4. The highest BCUT2D eigenvalue weighted by Crippen LogP contribution is 2.63. The van der Waals surface area contributed by atoms with Crippen LogP contribution in [0.1, 0.15) is 141 Å². The summed E-state index contributed by atoms with van der Waals surface area (Å²) in [5.74, 6) is 1.42. The van der Waals surface area contributed by atoms with E-state index >= 15 is 0 Å². The smallest absolute Gasteiger partial charge is 0.325 e. The van der Waals surface area contributed by atoms with Crippen LogP contribution in [-0.4, -0.2) is 59.0 Å². The minimum absolute atomic E-state index is 0.103. The number of pyridine rings is 1. The molecule has 0 saturated heterocycles. The molecule has 2 amide bonds. The van der Waals surface area contributed by atoms with Crippen LogP contribution in [0.3, 0.4) is 0 Å². The number of benzene rings is 1. The van der Waals surface area contributed by atoms with E-state index in [-0.39, 0.29) is 61.2 Å². The molecule has 1 aromatic carbocycles. The lowest BCUT2D eigenvalue weighted by Crippen LogP contribution is -2.44. The number of aryl methyl sites for hydroxylation is 1. The van der Waals surface area contributed by atoms with E-state index in [1.54, 1.807) is 41.8 Å². The van der Waals surface area contributed by atoms with Gasteiger partial charge in [0.1, 0.15) is 43.8 Å². The maximum atomic E-state index is 14.7. The number of anilines is 2. The first-order valence-corrected chi connectivity index (χ1v) is 23.3. The molecule has 6 rings (SSSR count). The lowest BCUT2D eigenvalue weighted by atomic mass is 9.53. The van der Waals surface area contributed by atoms with Gasteiger partial charge in [-0.15, -0.1) is 0 Å². The van der Waals surface area contributed by atoms with Gasteiger partial charge in [0.2, 0.25) is 5.91 Å². The first-order valence-electron chi connectivity index (χ1n) is 23.3. The Hall–Kier alpha value is -4.78. The quantitative estimate of drug-likeness (QED) is 0.0463. The number of nitrogens with one attached hydrogen (secondary N) is 3. The molecule has 344 valence electrons. The van der Waals surface area contributed by atoms with Gasteiger partial charge in [0.05, 0.1) is 29.4 Å². The number of hydrogen-bond donors (Lipinski definition) is 3. The fourth-order valence-corrected chi connectivity index (χ4v) is 11.1. The molecular weight excluding hydrogens is 802 g/mol. The van der Waals surface area contributed by atoms with Crippen molar-refractivity contribution in [2.24, 2.45) is 40.4 Å². The molecule has 0 aliphatic heterocycles. The number of imidazole rings is 1. The minimum atomic E-state index is -0.633. The van der Waals surface area contributed by atoms with E-state index in [1.165, 1.54) is 69.3 Å². The van der Waals surface area contributed by atoms with Crippen molar-refractivity contribution < 1.29 is 37.9 Å². The van der Waals surface area contributed by atoms with Gasteiger partial charge in [-0.05, 0) is 129 Å². The van der Waals surface area contributed by atoms with Crippen molar-refractivity contribution in [2.45, 2.75) is 138 Å². The highest BCUT2D eigenvalue weighted by molar-refractivity contribution is 5.99. The molecule has 0 radical (unpaired) electrons. The average Bonchev–Trinajstić information content (AvgIpc) is 3.88. The number of fused-ring (bicyclic) bond motifs is 2. The number of aromatic nitrogens is 2. The number of amides is 2. The van der Waals surface area contributed by atoms with Gasteiger partial charge in [-0.25, -0.2) is 14.9 Å². The van der Waals surface area contributed by atoms with E-state index in [2.05, 4.69) is 68.7 Å². The summed E-state index contributed by atoms with van der Waals surface area (Å²) < 4.78 is 27.3. The van der Waals surface area contributed by atoms with Crippen LogP contribution in [0.5, 0.6) is 0 Å². The number of allylic oxidation sites excluding steroid dienone is 1. The maximum absolute atomic E-state index is 14.7. The summed E-state index contributed by atoms with van der Waals surface area (Å²) in [6.45, 7) is 15.5. The number of carbonyl (C=O) groups is 4. The molecule has 2 heterocycles. The zero-order valence-electron chi connectivity index (χ0n) is 38.5. The van der Waals surface area contributed by atoms with Crippen LogP contribution < -0.4 is 16.1 Å². The normalized spacial score (nSPS) is 25.7. The zero-order chi connectivity index (χ0) is 45.3. The summed E-state index contributed by atoms with van der Waals surface area (Å²) in [5, 5.41) is 5.56. The Morgan fingerprint density at radius 1 is 0.968 bits per heavy atom. The van der Waals surface area contributed by atoms with Crippen molar-refractivity contribution in [1.82, 2.24) is 20.2 Å². The summed E-state index contributed by atoms with van der Waals surface area (Å²) in [6, 6.07) is 7.97. The van der Waals surface area contributed by atoms with Gasteiger partial charge < -0.3 is 20.1 Å². The van der Waals surface area contributed by atoms with Gasteiger partial charge in [-0.2, -0.15) is 0 Å². The highest BCUT2D eigenvalue weighted by Gasteiger charge is 2.54. The topological polar surface area (TPSA) is 149 Å². The second-order valence-electron chi connectivity index (χ2n) is 19.4. The summed E-state index contributed by atoms with van der Waals surface area (Å²) in [4.78, 5) is 60.2. The Labute approximate surface area is 372 Å². The SMILES string of the molecule is CC=C1CC(OC(=O)CNC(=O)CCC(=O)OCCONC(=O)c2ccc3cncn3c2Nc2ccc(C)cc2F)CCC1(C)C1CCC2(C)C(CCC2C(C)CCCC(C)C)C1. The van der Waals surface area contributed by atoms with Crippen LogP contribution in [0.15, 0.2) is 54.5 Å². The van der Waals surface area contributed by atoms with E-state index < -0.39 is 29.6 Å². The summed E-state index contributed by atoms with van der Waals surface area (Å²) in [7, 11) is 0. The van der Waals surface area contributed by atoms with Crippen molar-refractivity contribution in [1.29, 1.82) is 0 Å². The van der Waals surface area contributed by atoms with Gasteiger partial charge in [-0.3, -0.25) is 28.4 Å². The molecule has 2 aromatic heterocycles. The van der Waals surface area contributed by atoms with Gasteiger partial charge in [0.25, 0.3) is 5.91 Å². The van der Waals surface area contributed by atoms with Gasteiger partial charge in [-0.1, -0.05) is 71.6 Å². The Morgan fingerprint density at radius 3 is 2.54 bits per heavy atom. The van der Waals surface area contributed by atoms with E-state index in [4.69, 9.17) is 14.3 Å². The minimum Gasteiger partial charge on any atom is -0.463 e. The second-order valence-corrected chi connectivity index (χ2v) is 19.4. The summed E-state index contributed by atoms with van der Waals surface area (Å²) >= 11 is 0. The molecule has 7 atom stereocenters. The third-order valence-corrected chi connectivity index (χ3v) is 14.9. The number of ether oxygens (including phenoxy) is 2. The van der Waals surface area contributed by atoms with E-state index in [1.807, 2.05) is 0 Å². The van der Waals surface area contributed by atoms with Crippen molar-refractivity contribution in [3.8, 4) is 0 Å². The molecule has 3 fully saturated rings. The molecular formula is C50H70FN5O7. The lowest BCUT2D eigenvalue weighted by molar-refractivity contribution is -0.151. The average molecular weight is 872 g/mol. The molecule has 3 saturated carbocycles. The largest absolute Gasteiger partial charge is 0.463 e. The predicted molar refractivity (Wildman–Crippen MR) is 241 cm³/mol. The molecule has 0 bridgehead atoms. The Balaban J connectivity index is 0.864. The molecule has 3 aliphatic carbocycles. The zero-order valence-corrected chi connectivity index (χ0v) is 38.5. The number of hydroxylamine groups is 1. The number of hydrogen-bond acceptors (Lipinski definition) is 9.